The summed E-state index contributed by atoms with van der Waals surface area (Å²) >= 11 is 0. The quantitative estimate of drug-likeness (QED) is 0.818. The Morgan fingerprint density at radius 2 is 2.27 bits per heavy atom. The summed E-state index contributed by atoms with van der Waals surface area (Å²) in [6, 6.07) is 1.84. The van der Waals surface area contributed by atoms with Crippen LogP contribution in [0.25, 0.3) is 5.65 Å². The van der Waals surface area contributed by atoms with E-state index in [0.29, 0.717) is 0 Å². The highest BCUT2D eigenvalue weighted by Gasteiger charge is 2.12. The van der Waals surface area contributed by atoms with Crippen LogP contribution in [0.4, 0.5) is 0 Å². The zero-order valence-electron chi connectivity index (χ0n) is 9.01. The molecule has 0 radical (unpaired) electrons. The number of hydrogen-bond donors (Lipinski definition) is 1. The maximum absolute atomic E-state index is 6.00. The molecule has 80 valence electrons. The van der Waals surface area contributed by atoms with E-state index in [0.717, 1.165) is 30.0 Å². The molecule has 2 N–H and O–H groups in total. The third-order valence-corrected chi connectivity index (χ3v) is 2.39. The zero-order valence-corrected chi connectivity index (χ0v) is 9.01. The van der Waals surface area contributed by atoms with Crippen LogP contribution in [-0.2, 0) is 0 Å². The molecule has 0 aliphatic carbocycles. The number of aromatic nitrogens is 4. The Morgan fingerprint density at radius 1 is 1.47 bits per heavy atom. The number of rotatable bonds is 3. The maximum atomic E-state index is 6.00. The third kappa shape index (κ3) is 1.83. The highest BCUT2D eigenvalue weighted by molar-refractivity contribution is 5.38. The molecule has 0 saturated heterocycles. The van der Waals surface area contributed by atoms with Gasteiger partial charge in [-0.25, -0.2) is 4.98 Å². The van der Waals surface area contributed by atoms with Gasteiger partial charge in [0.1, 0.15) is 6.33 Å². The second-order valence-electron chi connectivity index (χ2n) is 3.71. The van der Waals surface area contributed by atoms with Crippen LogP contribution in [0, 0.1) is 6.92 Å². The fourth-order valence-electron chi connectivity index (χ4n) is 1.60. The molecule has 15 heavy (non-hydrogen) atoms. The molecule has 0 bridgehead atoms. The summed E-state index contributed by atoms with van der Waals surface area (Å²) in [6.07, 6.45) is 3.68. The number of aryl methyl sites for hydroxylation is 1. The lowest BCUT2D eigenvalue weighted by Crippen LogP contribution is -2.13. The van der Waals surface area contributed by atoms with Crippen molar-refractivity contribution in [1.29, 1.82) is 0 Å². The fourth-order valence-corrected chi connectivity index (χ4v) is 1.60. The Balaban J connectivity index is 2.44. The maximum Gasteiger partial charge on any atom is 0.163 e. The molecule has 5 nitrogen and oxygen atoms in total. The van der Waals surface area contributed by atoms with Crippen molar-refractivity contribution >= 4 is 5.65 Å². The number of nitrogens with zero attached hydrogens (tertiary/aromatic N) is 4. The van der Waals surface area contributed by atoms with Crippen molar-refractivity contribution in [2.75, 3.05) is 0 Å². The van der Waals surface area contributed by atoms with Gasteiger partial charge < -0.3 is 5.73 Å². The molecule has 1 unspecified atom stereocenters. The van der Waals surface area contributed by atoms with E-state index in [4.69, 9.17) is 5.73 Å². The lowest BCUT2D eigenvalue weighted by molar-refractivity contribution is 0.594. The highest BCUT2D eigenvalue weighted by atomic mass is 15.3. The van der Waals surface area contributed by atoms with Crippen LogP contribution in [0.1, 0.15) is 37.3 Å². The van der Waals surface area contributed by atoms with Crippen LogP contribution in [0.2, 0.25) is 0 Å². The standard InChI is InChI=1S/C10H15N5/c1-3-4-8(11)10-14-13-9-5-7(2)12-6-15(9)10/h5-6,8H,3-4,11H2,1-2H3. The van der Waals surface area contributed by atoms with Gasteiger partial charge in [-0.05, 0) is 13.3 Å². The molecule has 1 atom stereocenters. The van der Waals surface area contributed by atoms with Crippen molar-refractivity contribution in [1.82, 2.24) is 19.6 Å². The molecule has 0 aliphatic heterocycles. The third-order valence-electron chi connectivity index (χ3n) is 2.39. The van der Waals surface area contributed by atoms with E-state index in [1.165, 1.54) is 0 Å². The van der Waals surface area contributed by atoms with E-state index in [2.05, 4.69) is 22.1 Å². The Bertz CT molecular complexity index is 462. The van der Waals surface area contributed by atoms with E-state index < -0.39 is 0 Å². The van der Waals surface area contributed by atoms with E-state index in [9.17, 15) is 0 Å². The smallest absolute Gasteiger partial charge is 0.163 e. The van der Waals surface area contributed by atoms with Crippen LogP contribution in [-0.4, -0.2) is 19.6 Å². The molecule has 0 fully saturated rings. The van der Waals surface area contributed by atoms with Gasteiger partial charge in [0.05, 0.1) is 6.04 Å². The average Bonchev–Trinajstić information content (AvgIpc) is 2.60. The zero-order chi connectivity index (χ0) is 10.8. The minimum Gasteiger partial charge on any atom is -0.321 e. The van der Waals surface area contributed by atoms with Gasteiger partial charge in [-0.15, -0.1) is 10.2 Å². The Labute approximate surface area is 88.3 Å². The first-order valence-electron chi connectivity index (χ1n) is 5.15. The second-order valence-corrected chi connectivity index (χ2v) is 3.71. The van der Waals surface area contributed by atoms with Crippen LogP contribution in [0.3, 0.4) is 0 Å². The molecule has 0 aromatic carbocycles. The van der Waals surface area contributed by atoms with Gasteiger partial charge in [-0.1, -0.05) is 13.3 Å². The minimum atomic E-state index is -0.0606. The van der Waals surface area contributed by atoms with Gasteiger partial charge in [0.25, 0.3) is 0 Å². The van der Waals surface area contributed by atoms with Crippen molar-refractivity contribution in [3.63, 3.8) is 0 Å². The second kappa shape index (κ2) is 3.94. The van der Waals surface area contributed by atoms with Crippen LogP contribution in [0.5, 0.6) is 0 Å². The van der Waals surface area contributed by atoms with Crippen molar-refractivity contribution < 1.29 is 0 Å². The first-order chi connectivity index (χ1) is 7.22. The summed E-state index contributed by atoms with van der Waals surface area (Å²) in [5.74, 6) is 0.791. The SMILES string of the molecule is CCCC(N)c1nnc2cc(C)ncn12. The summed E-state index contributed by atoms with van der Waals surface area (Å²) < 4.78 is 1.85. The molecule has 0 saturated carbocycles. The molecule has 2 rings (SSSR count). The normalized spacial score (nSPS) is 13.3. The van der Waals surface area contributed by atoms with Gasteiger partial charge in [0, 0.05) is 11.8 Å². The summed E-state index contributed by atoms with van der Waals surface area (Å²) in [6.45, 7) is 4.03. The van der Waals surface area contributed by atoms with Crippen molar-refractivity contribution in [3.8, 4) is 0 Å². The summed E-state index contributed by atoms with van der Waals surface area (Å²) in [7, 11) is 0. The van der Waals surface area contributed by atoms with E-state index in [1.54, 1.807) is 6.33 Å². The lowest BCUT2D eigenvalue weighted by atomic mass is 10.2. The molecule has 0 aliphatic rings. The largest absolute Gasteiger partial charge is 0.321 e. The molecular weight excluding hydrogens is 190 g/mol. The van der Waals surface area contributed by atoms with Crippen molar-refractivity contribution in [2.24, 2.45) is 5.73 Å². The van der Waals surface area contributed by atoms with E-state index in [1.807, 2.05) is 17.4 Å². The summed E-state index contributed by atoms with van der Waals surface area (Å²) in [5, 5.41) is 8.18. The predicted octanol–water partition coefficient (Wildman–Crippen LogP) is 1.23. The first-order valence-corrected chi connectivity index (χ1v) is 5.15. The van der Waals surface area contributed by atoms with Crippen LogP contribution in [0.15, 0.2) is 12.4 Å². The van der Waals surface area contributed by atoms with Gasteiger partial charge >= 0.3 is 0 Å². The van der Waals surface area contributed by atoms with Crippen LogP contribution < -0.4 is 5.73 Å². The monoisotopic (exact) mass is 205 g/mol. The molecular formula is C10H15N5. The molecule has 2 aromatic heterocycles. The van der Waals surface area contributed by atoms with E-state index in [-0.39, 0.29) is 6.04 Å². The summed E-state index contributed by atoms with van der Waals surface area (Å²) in [5.41, 5.74) is 7.75. The molecule has 5 heteroatoms. The highest BCUT2D eigenvalue weighted by Crippen LogP contribution is 2.14. The van der Waals surface area contributed by atoms with Gasteiger partial charge in [0.2, 0.25) is 0 Å². The Morgan fingerprint density at radius 3 is 3.00 bits per heavy atom. The Kier molecular flexibility index (Phi) is 2.64. The number of nitrogens with two attached hydrogens (primary N) is 1. The first kappa shape index (κ1) is 10.0. The van der Waals surface area contributed by atoms with Gasteiger partial charge in [0.15, 0.2) is 11.5 Å². The molecule has 0 spiro atoms. The van der Waals surface area contributed by atoms with Gasteiger partial charge in [-0.3, -0.25) is 4.40 Å². The average molecular weight is 205 g/mol. The molecule has 2 heterocycles. The van der Waals surface area contributed by atoms with Crippen LogP contribution >= 0.6 is 0 Å². The minimum absolute atomic E-state index is 0.0606. The van der Waals surface area contributed by atoms with Crippen molar-refractivity contribution in [2.45, 2.75) is 32.7 Å². The Hall–Kier alpha value is -1.49. The predicted molar refractivity (Wildman–Crippen MR) is 57.4 cm³/mol. The molecule has 2 aromatic rings. The van der Waals surface area contributed by atoms with E-state index >= 15 is 0 Å². The fraction of sp³-hybridized carbons (Fsp3) is 0.500. The topological polar surface area (TPSA) is 69.1 Å². The number of fused-ring (bicyclic) bond motifs is 1. The van der Waals surface area contributed by atoms with Gasteiger partial charge in [-0.2, -0.15) is 0 Å². The lowest BCUT2D eigenvalue weighted by Gasteiger charge is -2.07. The number of hydrogen-bond acceptors (Lipinski definition) is 4. The summed E-state index contributed by atoms with van der Waals surface area (Å²) in [4.78, 5) is 4.21. The molecule has 0 amide bonds. The van der Waals surface area contributed by atoms with Crippen molar-refractivity contribution in [3.05, 3.63) is 23.9 Å².